The van der Waals surface area contributed by atoms with Gasteiger partial charge in [0.2, 0.25) is 0 Å². The Balaban J connectivity index is 1.79. The Morgan fingerprint density at radius 2 is 2.39 bits per heavy atom. The van der Waals surface area contributed by atoms with Crippen LogP contribution >= 0.6 is 11.3 Å². The van der Waals surface area contributed by atoms with Gasteiger partial charge in [-0.05, 0) is 39.3 Å². The molecule has 1 saturated carbocycles. The summed E-state index contributed by atoms with van der Waals surface area (Å²) in [6.07, 6.45) is 3.88. The third-order valence-electron chi connectivity index (χ3n) is 4.13. The van der Waals surface area contributed by atoms with Crippen LogP contribution in [0.4, 0.5) is 0 Å². The Labute approximate surface area is 111 Å². The first-order valence-electron chi connectivity index (χ1n) is 6.50. The van der Waals surface area contributed by atoms with Crippen LogP contribution in [0.15, 0.2) is 5.38 Å². The molecule has 2 fully saturated rings. The standard InChI is InChI=1S/C13H18N2O2S/c1-15-6-2-3-9(7-15)10-8-18-11(14-10)13(4-5-13)12(16)17/h8-9H,2-7H2,1H3,(H,16,17). The van der Waals surface area contributed by atoms with Crippen LogP contribution < -0.4 is 0 Å². The summed E-state index contributed by atoms with van der Waals surface area (Å²) in [5.74, 6) is -0.220. The van der Waals surface area contributed by atoms with Gasteiger partial charge in [0.05, 0.1) is 5.69 Å². The van der Waals surface area contributed by atoms with Gasteiger partial charge in [-0.1, -0.05) is 0 Å². The molecule has 1 aromatic heterocycles. The maximum Gasteiger partial charge on any atom is 0.316 e. The molecular formula is C13H18N2O2S. The third kappa shape index (κ3) is 1.95. The Morgan fingerprint density at radius 3 is 3.00 bits per heavy atom. The average molecular weight is 266 g/mol. The van der Waals surface area contributed by atoms with Crippen LogP contribution in [0.2, 0.25) is 0 Å². The molecule has 0 aromatic carbocycles. The molecule has 1 saturated heterocycles. The highest BCUT2D eigenvalue weighted by atomic mass is 32.1. The number of carboxylic acid groups (broad SMARTS) is 1. The zero-order valence-electron chi connectivity index (χ0n) is 10.6. The number of likely N-dealkylation sites (tertiary alicyclic amines) is 1. The lowest BCUT2D eigenvalue weighted by molar-refractivity contribution is -0.140. The van der Waals surface area contributed by atoms with Crippen LogP contribution in [0.5, 0.6) is 0 Å². The highest BCUT2D eigenvalue weighted by molar-refractivity contribution is 7.10. The molecule has 0 spiro atoms. The predicted octanol–water partition coefficient (Wildman–Crippen LogP) is 2.07. The summed E-state index contributed by atoms with van der Waals surface area (Å²) in [7, 11) is 2.14. The van der Waals surface area contributed by atoms with Gasteiger partial charge in [0.15, 0.2) is 0 Å². The van der Waals surface area contributed by atoms with E-state index in [-0.39, 0.29) is 0 Å². The van der Waals surface area contributed by atoms with E-state index in [0.29, 0.717) is 5.92 Å². The molecule has 18 heavy (non-hydrogen) atoms. The van der Waals surface area contributed by atoms with Crippen LogP contribution in [0.1, 0.15) is 42.3 Å². The minimum absolute atomic E-state index is 0.485. The number of hydrogen-bond donors (Lipinski definition) is 1. The first-order chi connectivity index (χ1) is 8.62. The normalized spacial score (nSPS) is 27.1. The molecule has 4 nitrogen and oxygen atoms in total. The van der Waals surface area contributed by atoms with Crippen molar-refractivity contribution in [1.82, 2.24) is 9.88 Å². The van der Waals surface area contributed by atoms with Gasteiger partial charge >= 0.3 is 5.97 Å². The second-order valence-corrected chi connectivity index (χ2v) is 6.42. The molecule has 1 aliphatic carbocycles. The average Bonchev–Trinajstić information content (AvgIpc) is 3.01. The van der Waals surface area contributed by atoms with E-state index >= 15 is 0 Å². The summed E-state index contributed by atoms with van der Waals surface area (Å²) in [6, 6.07) is 0. The number of aromatic nitrogens is 1. The molecule has 1 atom stereocenters. The number of rotatable bonds is 3. The number of aliphatic carboxylic acids is 1. The van der Waals surface area contributed by atoms with Crippen molar-refractivity contribution in [2.75, 3.05) is 20.1 Å². The summed E-state index contributed by atoms with van der Waals surface area (Å²) in [5.41, 5.74) is 0.470. The lowest BCUT2D eigenvalue weighted by Crippen LogP contribution is -2.31. The van der Waals surface area contributed by atoms with Crippen molar-refractivity contribution >= 4 is 17.3 Å². The fourth-order valence-electron chi connectivity index (χ4n) is 2.75. The zero-order valence-corrected chi connectivity index (χ0v) is 11.4. The van der Waals surface area contributed by atoms with Crippen LogP contribution in [0.3, 0.4) is 0 Å². The highest BCUT2D eigenvalue weighted by Crippen LogP contribution is 2.49. The van der Waals surface area contributed by atoms with Crippen molar-refractivity contribution in [3.8, 4) is 0 Å². The van der Waals surface area contributed by atoms with Crippen molar-refractivity contribution in [2.45, 2.75) is 37.0 Å². The third-order valence-corrected chi connectivity index (χ3v) is 5.20. The summed E-state index contributed by atoms with van der Waals surface area (Å²) >= 11 is 1.53. The number of carbonyl (C=O) groups is 1. The molecular weight excluding hydrogens is 248 g/mol. The molecule has 0 amide bonds. The number of hydrogen-bond acceptors (Lipinski definition) is 4. The Bertz CT molecular complexity index is 467. The molecule has 98 valence electrons. The second-order valence-electron chi connectivity index (χ2n) is 5.57. The van der Waals surface area contributed by atoms with Gasteiger partial charge in [-0.2, -0.15) is 0 Å². The summed E-state index contributed by atoms with van der Waals surface area (Å²) < 4.78 is 0. The van der Waals surface area contributed by atoms with Crippen LogP contribution in [-0.4, -0.2) is 41.1 Å². The Morgan fingerprint density at radius 1 is 1.61 bits per heavy atom. The van der Waals surface area contributed by atoms with E-state index < -0.39 is 11.4 Å². The Kier molecular flexibility index (Phi) is 2.90. The molecule has 1 aromatic rings. The van der Waals surface area contributed by atoms with E-state index in [4.69, 9.17) is 0 Å². The van der Waals surface area contributed by atoms with Gasteiger partial charge < -0.3 is 10.0 Å². The van der Waals surface area contributed by atoms with Crippen LogP contribution in [0, 0.1) is 0 Å². The molecule has 1 N–H and O–H groups in total. The van der Waals surface area contributed by atoms with Crippen molar-refractivity contribution in [3.63, 3.8) is 0 Å². The first kappa shape index (κ1) is 12.1. The van der Waals surface area contributed by atoms with E-state index in [9.17, 15) is 9.90 Å². The molecule has 2 heterocycles. The SMILES string of the molecule is CN1CCCC(c2csc(C3(C(=O)O)CC3)n2)C1. The monoisotopic (exact) mass is 266 g/mol. The van der Waals surface area contributed by atoms with E-state index in [0.717, 1.165) is 36.6 Å². The minimum atomic E-state index is -0.704. The Hall–Kier alpha value is -0.940. The van der Waals surface area contributed by atoms with Gasteiger partial charge in [-0.3, -0.25) is 4.79 Å². The second kappa shape index (κ2) is 4.31. The van der Waals surface area contributed by atoms with Gasteiger partial charge in [0.1, 0.15) is 10.4 Å². The largest absolute Gasteiger partial charge is 0.481 e. The van der Waals surface area contributed by atoms with Gasteiger partial charge in [-0.25, -0.2) is 4.98 Å². The molecule has 5 heteroatoms. The van der Waals surface area contributed by atoms with E-state index in [1.807, 2.05) is 0 Å². The minimum Gasteiger partial charge on any atom is -0.481 e. The fourth-order valence-corrected chi connectivity index (χ4v) is 3.90. The van der Waals surface area contributed by atoms with E-state index in [1.165, 1.54) is 24.2 Å². The van der Waals surface area contributed by atoms with Gasteiger partial charge in [-0.15, -0.1) is 11.3 Å². The first-order valence-corrected chi connectivity index (χ1v) is 7.38. The molecule has 1 aliphatic heterocycles. The van der Waals surface area contributed by atoms with Gasteiger partial charge in [0.25, 0.3) is 0 Å². The van der Waals surface area contributed by atoms with Crippen LogP contribution in [0.25, 0.3) is 0 Å². The summed E-state index contributed by atoms with van der Waals surface area (Å²) in [5, 5.41) is 12.2. The zero-order chi connectivity index (χ0) is 12.8. The maximum atomic E-state index is 11.3. The molecule has 0 bridgehead atoms. The summed E-state index contributed by atoms with van der Waals surface area (Å²) in [4.78, 5) is 18.2. The van der Waals surface area contributed by atoms with Crippen molar-refractivity contribution in [2.24, 2.45) is 0 Å². The molecule has 3 rings (SSSR count). The highest BCUT2D eigenvalue weighted by Gasteiger charge is 2.54. The number of piperidine rings is 1. The molecule has 0 radical (unpaired) electrons. The van der Waals surface area contributed by atoms with E-state index in [1.54, 1.807) is 0 Å². The predicted molar refractivity (Wildman–Crippen MR) is 70.1 cm³/mol. The summed E-state index contributed by atoms with van der Waals surface area (Å²) in [6.45, 7) is 2.20. The topological polar surface area (TPSA) is 53.4 Å². The number of carboxylic acids is 1. The number of thiazole rings is 1. The van der Waals surface area contributed by atoms with Crippen LogP contribution in [-0.2, 0) is 10.2 Å². The lowest BCUT2D eigenvalue weighted by atomic mass is 9.96. The van der Waals surface area contributed by atoms with Crippen molar-refractivity contribution < 1.29 is 9.90 Å². The number of nitrogens with zero attached hydrogens (tertiary/aromatic N) is 2. The van der Waals surface area contributed by atoms with E-state index in [2.05, 4.69) is 22.3 Å². The quantitative estimate of drug-likeness (QED) is 0.910. The molecule has 2 aliphatic rings. The maximum absolute atomic E-state index is 11.3. The lowest BCUT2D eigenvalue weighted by Gasteiger charge is -2.28. The molecule has 1 unspecified atom stereocenters. The van der Waals surface area contributed by atoms with Gasteiger partial charge in [0, 0.05) is 17.8 Å². The van der Waals surface area contributed by atoms with Crippen molar-refractivity contribution in [1.29, 1.82) is 0 Å². The number of likely N-dealkylation sites (N-methyl/N-ethyl adjacent to an activating group) is 1. The smallest absolute Gasteiger partial charge is 0.316 e. The van der Waals surface area contributed by atoms with Crippen molar-refractivity contribution in [3.05, 3.63) is 16.1 Å². The fraction of sp³-hybridized carbons (Fsp3) is 0.692.